The number of aromatic nitrogens is 3. The molecule has 160 valence electrons. The number of hydrogen-bond acceptors (Lipinski definition) is 6. The molecular weight excluding hydrogens is 404 g/mol. The number of hydrogen-bond donors (Lipinski definition) is 0. The molecule has 1 atom stereocenters. The lowest BCUT2D eigenvalue weighted by atomic mass is 10.1. The fraction of sp³-hybridized carbons (Fsp3) is 0.476. The maximum atomic E-state index is 13.5. The number of carbonyl (C=O) groups excluding carboxylic acids is 1. The van der Waals surface area contributed by atoms with Gasteiger partial charge in [0, 0.05) is 24.7 Å². The van der Waals surface area contributed by atoms with Crippen LogP contribution >= 0.6 is 0 Å². The van der Waals surface area contributed by atoms with E-state index in [1.165, 1.54) is 0 Å². The summed E-state index contributed by atoms with van der Waals surface area (Å²) in [6, 6.07) is 3.40. The lowest BCUT2D eigenvalue weighted by molar-refractivity contribution is 0.0749. The van der Waals surface area contributed by atoms with Crippen LogP contribution in [-0.2, 0) is 9.84 Å². The van der Waals surface area contributed by atoms with Crippen LogP contribution in [0.15, 0.2) is 22.7 Å². The summed E-state index contributed by atoms with van der Waals surface area (Å²) in [5.74, 6) is 1.38. The molecule has 0 radical (unpaired) electrons. The Balaban J connectivity index is 1.86. The van der Waals surface area contributed by atoms with Gasteiger partial charge >= 0.3 is 0 Å². The zero-order chi connectivity index (χ0) is 21.8. The van der Waals surface area contributed by atoms with Gasteiger partial charge in [-0.1, -0.05) is 0 Å². The minimum atomic E-state index is -3.09. The molecule has 1 saturated heterocycles. The van der Waals surface area contributed by atoms with Gasteiger partial charge in [0.05, 0.1) is 34.3 Å². The third-order valence-electron chi connectivity index (χ3n) is 5.68. The Labute approximate surface area is 175 Å². The SMILES string of the molecule is Cc1cc(-c2cc(C(=O)N(C)C3CCS(=O)(=O)C3)c3cnn(C(C)C)c3n2)c(C)o1. The van der Waals surface area contributed by atoms with Crippen LogP contribution in [0.5, 0.6) is 0 Å². The number of pyridine rings is 1. The maximum Gasteiger partial charge on any atom is 0.254 e. The van der Waals surface area contributed by atoms with Gasteiger partial charge in [0.2, 0.25) is 0 Å². The van der Waals surface area contributed by atoms with E-state index in [1.54, 1.807) is 28.9 Å². The average Bonchev–Trinajstić information content (AvgIpc) is 3.35. The number of amides is 1. The zero-order valence-corrected chi connectivity index (χ0v) is 18.7. The fourth-order valence-electron chi connectivity index (χ4n) is 4.03. The van der Waals surface area contributed by atoms with Gasteiger partial charge in [-0.15, -0.1) is 0 Å². The summed E-state index contributed by atoms with van der Waals surface area (Å²) in [6.45, 7) is 7.74. The molecule has 30 heavy (non-hydrogen) atoms. The molecule has 4 heterocycles. The fourth-order valence-corrected chi connectivity index (χ4v) is 5.81. The smallest absolute Gasteiger partial charge is 0.254 e. The molecule has 0 spiro atoms. The van der Waals surface area contributed by atoms with Crippen LogP contribution in [0.3, 0.4) is 0 Å². The van der Waals surface area contributed by atoms with Crippen LogP contribution in [0.1, 0.15) is 48.2 Å². The molecule has 9 heteroatoms. The molecule has 4 rings (SSSR count). The minimum absolute atomic E-state index is 0.00160. The number of rotatable bonds is 4. The van der Waals surface area contributed by atoms with E-state index in [9.17, 15) is 13.2 Å². The van der Waals surface area contributed by atoms with Gasteiger partial charge in [-0.25, -0.2) is 18.1 Å². The highest BCUT2D eigenvalue weighted by atomic mass is 32.2. The highest BCUT2D eigenvalue weighted by Gasteiger charge is 2.34. The monoisotopic (exact) mass is 430 g/mol. The molecule has 1 unspecified atom stereocenters. The number of fused-ring (bicyclic) bond motifs is 1. The standard InChI is InChI=1S/C21H26N4O4S/c1-12(2)25-20-18(10-22-25)17(9-19(23-20)16-8-13(3)29-14(16)4)21(26)24(5)15-6-7-30(27,28)11-15/h8-10,12,15H,6-7,11H2,1-5H3. The molecule has 0 aliphatic carbocycles. The predicted octanol–water partition coefficient (Wildman–Crippen LogP) is 3.15. The van der Waals surface area contributed by atoms with Crippen LogP contribution in [-0.4, -0.2) is 58.6 Å². The molecule has 0 bridgehead atoms. The average molecular weight is 431 g/mol. The summed E-state index contributed by atoms with van der Waals surface area (Å²) < 4.78 is 31.3. The van der Waals surface area contributed by atoms with Crippen molar-refractivity contribution in [3.63, 3.8) is 0 Å². The zero-order valence-electron chi connectivity index (χ0n) is 17.8. The van der Waals surface area contributed by atoms with Crippen LogP contribution in [0.25, 0.3) is 22.3 Å². The second-order valence-electron chi connectivity index (χ2n) is 8.28. The van der Waals surface area contributed by atoms with E-state index in [0.29, 0.717) is 28.7 Å². The van der Waals surface area contributed by atoms with Crippen molar-refractivity contribution in [2.45, 2.75) is 46.2 Å². The van der Waals surface area contributed by atoms with Crippen molar-refractivity contribution in [3.8, 4) is 11.3 Å². The summed E-state index contributed by atoms with van der Waals surface area (Å²) in [5.41, 5.74) is 2.55. The van der Waals surface area contributed by atoms with Crippen molar-refractivity contribution < 1.29 is 17.6 Å². The van der Waals surface area contributed by atoms with Gasteiger partial charge in [-0.2, -0.15) is 5.10 Å². The number of furan rings is 1. The first-order valence-electron chi connectivity index (χ1n) is 10.0. The molecule has 0 aromatic carbocycles. The first-order chi connectivity index (χ1) is 14.1. The minimum Gasteiger partial charge on any atom is -0.466 e. The largest absolute Gasteiger partial charge is 0.466 e. The Morgan fingerprint density at radius 2 is 2.03 bits per heavy atom. The highest BCUT2D eigenvalue weighted by molar-refractivity contribution is 7.91. The Kier molecular flexibility index (Phi) is 4.96. The lowest BCUT2D eigenvalue weighted by Gasteiger charge is -2.24. The molecule has 0 saturated carbocycles. The van der Waals surface area contributed by atoms with Crippen LogP contribution in [0.2, 0.25) is 0 Å². The molecule has 1 fully saturated rings. The van der Waals surface area contributed by atoms with Gasteiger partial charge in [-0.05, 0) is 46.2 Å². The Morgan fingerprint density at radius 1 is 1.30 bits per heavy atom. The summed E-state index contributed by atoms with van der Waals surface area (Å²) in [5, 5.41) is 5.10. The van der Waals surface area contributed by atoms with Gasteiger partial charge < -0.3 is 9.32 Å². The Hall–Kier alpha value is -2.68. The normalized spacial score (nSPS) is 18.4. The third kappa shape index (κ3) is 3.51. The van der Waals surface area contributed by atoms with Crippen molar-refractivity contribution in [2.24, 2.45) is 0 Å². The molecule has 1 aliphatic rings. The van der Waals surface area contributed by atoms with Crippen molar-refractivity contribution in [1.82, 2.24) is 19.7 Å². The van der Waals surface area contributed by atoms with Crippen LogP contribution in [0, 0.1) is 13.8 Å². The van der Waals surface area contributed by atoms with Gasteiger partial charge in [0.25, 0.3) is 5.91 Å². The van der Waals surface area contributed by atoms with E-state index in [-0.39, 0.29) is 29.5 Å². The summed E-state index contributed by atoms with van der Waals surface area (Å²) in [7, 11) is -1.43. The van der Waals surface area contributed by atoms with Gasteiger partial charge in [0.15, 0.2) is 15.5 Å². The van der Waals surface area contributed by atoms with Crippen molar-refractivity contribution in [3.05, 3.63) is 35.4 Å². The molecule has 3 aromatic heterocycles. The number of sulfone groups is 1. The summed E-state index contributed by atoms with van der Waals surface area (Å²) >= 11 is 0. The number of nitrogens with zero attached hydrogens (tertiary/aromatic N) is 4. The second-order valence-corrected chi connectivity index (χ2v) is 10.5. The number of aryl methyl sites for hydroxylation is 2. The highest BCUT2D eigenvalue weighted by Crippen LogP contribution is 2.31. The summed E-state index contributed by atoms with van der Waals surface area (Å²) in [4.78, 5) is 19.8. The molecule has 1 amide bonds. The molecule has 1 aliphatic heterocycles. The lowest BCUT2D eigenvalue weighted by Crippen LogP contribution is -2.38. The maximum absolute atomic E-state index is 13.5. The number of carbonyl (C=O) groups is 1. The van der Waals surface area contributed by atoms with Gasteiger partial charge in [0.1, 0.15) is 11.5 Å². The topological polar surface area (TPSA) is 98.3 Å². The van der Waals surface area contributed by atoms with Gasteiger partial charge in [-0.3, -0.25) is 4.79 Å². The molecule has 8 nitrogen and oxygen atoms in total. The van der Waals surface area contributed by atoms with E-state index in [2.05, 4.69) is 5.10 Å². The van der Waals surface area contributed by atoms with Crippen LogP contribution < -0.4 is 0 Å². The quantitative estimate of drug-likeness (QED) is 0.631. The van der Waals surface area contributed by atoms with E-state index in [4.69, 9.17) is 9.40 Å². The third-order valence-corrected chi connectivity index (χ3v) is 7.43. The van der Waals surface area contributed by atoms with Crippen molar-refractivity contribution in [2.75, 3.05) is 18.6 Å². The van der Waals surface area contributed by atoms with E-state index in [1.807, 2.05) is 33.8 Å². The predicted molar refractivity (Wildman–Crippen MR) is 114 cm³/mol. The van der Waals surface area contributed by atoms with E-state index in [0.717, 1.165) is 17.1 Å². The van der Waals surface area contributed by atoms with Crippen molar-refractivity contribution >= 4 is 26.8 Å². The second kappa shape index (κ2) is 7.23. The first-order valence-corrected chi connectivity index (χ1v) is 11.8. The first kappa shape index (κ1) is 20.6. The van der Waals surface area contributed by atoms with Crippen LogP contribution in [0.4, 0.5) is 0 Å². The molecule has 3 aromatic rings. The summed E-state index contributed by atoms with van der Waals surface area (Å²) in [6.07, 6.45) is 2.11. The van der Waals surface area contributed by atoms with E-state index >= 15 is 0 Å². The Morgan fingerprint density at radius 3 is 2.60 bits per heavy atom. The van der Waals surface area contributed by atoms with Crippen molar-refractivity contribution in [1.29, 1.82) is 0 Å². The molecular formula is C21H26N4O4S. The molecule has 0 N–H and O–H groups in total. The van der Waals surface area contributed by atoms with E-state index < -0.39 is 9.84 Å². The Bertz CT molecular complexity index is 1240.